The molecule has 0 aliphatic heterocycles. The molecule has 0 saturated carbocycles. The zero-order chi connectivity index (χ0) is 85.8. The van der Waals surface area contributed by atoms with Crippen molar-refractivity contribution in [3.63, 3.8) is 0 Å². The zero-order valence-electron chi connectivity index (χ0n) is 54.2. The number of hydrogen-bond donors (Lipinski definition) is 5. The van der Waals surface area contributed by atoms with Gasteiger partial charge < -0.3 is 0 Å². The molecule has 10 aromatic carbocycles. The summed E-state index contributed by atoms with van der Waals surface area (Å²) in [5.74, 6) is -33.2. The van der Waals surface area contributed by atoms with Gasteiger partial charge in [0.15, 0.2) is 89.4 Å². The number of benzene rings is 10. The first kappa shape index (κ1) is 91.9. The van der Waals surface area contributed by atoms with Crippen molar-refractivity contribution < 1.29 is 178 Å². The van der Waals surface area contributed by atoms with Crippen LogP contribution in [-0.2, 0) is 101 Å². The van der Waals surface area contributed by atoms with Crippen molar-refractivity contribution in [2.75, 3.05) is 0 Å². The quantitative estimate of drug-likeness (QED) is 0.0141. The maximum Gasteiger partial charge on any atom is 0.295 e. The number of sulfone groups is 4. The molecule has 0 fully saturated rings. The van der Waals surface area contributed by atoms with Crippen molar-refractivity contribution in [3.05, 3.63) is 291 Å². The molecule has 0 spiro atoms. The van der Waals surface area contributed by atoms with Crippen LogP contribution in [0.15, 0.2) is 224 Å². The van der Waals surface area contributed by atoms with Crippen LogP contribution in [0.3, 0.4) is 0 Å². The molecule has 10 aromatic rings. The minimum Gasteiger partial charge on any atom is -0.288 e. The van der Waals surface area contributed by atoms with Crippen molar-refractivity contribution in [2.24, 2.45) is 0 Å². The fraction of sp³-hybridized carbons (Fsp3) is 0.0317. The average Bonchev–Trinajstić information content (AvgIpc) is 0.754. The minimum absolute atomic E-state index is 0.120. The molecule has 0 aliphatic rings. The Kier molecular flexibility index (Phi) is 28.3. The van der Waals surface area contributed by atoms with Gasteiger partial charge in [-0.25, -0.2) is 108 Å². The SMILES string of the molecule is O=C(c1ccc(S(=O)(=O)O)cc1)c1c(F)cc(F)cc1F.O=S(=O)(O)c1ccc(CS(=O)(=O)c2c(F)c(F)cc(F)c2F)cc1.O=S(=O)(O)c1ccc(S(=O)(=O)c2ccc(F)c(F)c2F)cc1.O=S(=O)(O)c1ccccc1CS(=O)(=O)c1c(F)cc(F)cc1F.O=S(=O)(O)c1ccccc1S(=O)(=O)c1c(F)c(F)cc(F)c1F. The van der Waals surface area contributed by atoms with E-state index in [0.717, 1.165) is 97.1 Å². The maximum atomic E-state index is 13.7. The predicted molar refractivity (Wildman–Crippen MR) is 349 cm³/mol. The smallest absolute Gasteiger partial charge is 0.288 e. The highest BCUT2D eigenvalue weighted by atomic mass is 32.2. The standard InChI is InChI=1S/C13H8F4O5S2.C13H9F3O5S2.C13H7F3O4S.C12H6F4O5S2.C12H7F3O5S2/c14-9-5-10(15)12(17)13(11(9)16)23(18,19)6-7-1-3-8(4-2-7)24(20,21)22;14-9-5-10(15)13(11(16)6-9)22(17,18)7-8-3-1-2-4-12(8)23(19,20)21;14-8-5-10(15)12(11(16)6-8)13(17)7-1-3-9(4-2-7)21(18,19)20;13-6-5-7(14)11(16)12(10(6)15)22(17,18)8-3-1-2-4-9(8)23(19,20)21;13-9-5-6-10(12(15)11(9)14)21(16,17)7-1-3-8(4-2-7)22(18,19)20/h1-5H,6H2,(H,20,21,22);1-6H,7H2,(H,19,20,21);1-6H,(H,18,19,20);1-5H,(H,19,20,21);1-6H,(H,18,19,20). The molecule has 50 heteroatoms. The van der Waals surface area contributed by atoms with E-state index in [0.29, 0.717) is 36.4 Å². The summed E-state index contributed by atoms with van der Waals surface area (Å²) in [4.78, 5) is 0.487. The molecule has 0 heterocycles. The Balaban J connectivity index is 0.000000220. The summed E-state index contributed by atoms with van der Waals surface area (Å²) in [5.41, 5.74) is -1.66. The first-order valence-electron chi connectivity index (χ1n) is 28.6. The monoisotopic (exact) mass is 1790 g/mol. The number of halogens is 17. The number of carbonyl (C=O) groups is 1. The molecule has 606 valence electrons. The van der Waals surface area contributed by atoms with Crippen LogP contribution < -0.4 is 0 Å². The molecule has 0 atom stereocenters. The fourth-order valence-corrected chi connectivity index (χ4v) is 18.3. The number of hydrogen-bond acceptors (Lipinski definition) is 19. The molecule has 24 nitrogen and oxygen atoms in total. The van der Waals surface area contributed by atoms with Gasteiger partial charge in [0, 0.05) is 42.0 Å². The molecule has 0 amide bonds. The number of ketones is 1. The van der Waals surface area contributed by atoms with Crippen LogP contribution in [-0.4, -0.2) is 104 Å². The van der Waals surface area contributed by atoms with E-state index in [1.165, 1.54) is 12.1 Å². The molecular formula is C63H37F17O24S9. The van der Waals surface area contributed by atoms with E-state index in [-0.39, 0.29) is 41.0 Å². The van der Waals surface area contributed by atoms with E-state index >= 15 is 0 Å². The molecule has 10 rings (SSSR count). The van der Waals surface area contributed by atoms with Crippen molar-refractivity contribution in [1.29, 1.82) is 0 Å². The van der Waals surface area contributed by atoms with Crippen LogP contribution in [0, 0.1) is 98.9 Å². The summed E-state index contributed by atoms with van der Waals surface area (Å²) in [6, 6.07) is 20.2. The van der Waals surface area contributed by atoms with E-state index < -0.39 is 266 Å². The van der Waals surface area contributed by atoms with Gasteiger partial charge in [0.2, 0.25) is 19.7 Å². The Morgan fingerprint density at radius 1 is 0.265 bits per heavy atom. The second kappa shape index (κ2) is 34.8. The number of carbonyl (C=O) groups excluding carboxylic acids is 1. The Morgan fingerprint density at radius 3 is 1.02 bits per heavy atom. The normalized spacial score (nSPS) is 12.2. The fourth-order valence-electron chi connectivity index (χ4n) is 8.95. The summed E-state index contributed by atoms with van der Waals surface area (Å²) >= 11 is 0. The lowest BCUT2D eigenvalue weighted by Gasteiger charge is -2.11. The van der Waals surface area contributed by atoms with Crippen LogP contribution in [0.1, 0.15) is 27.0 Å². The van der Waals surface area contributed by atoms with Gasteiger partial charge in [-0.2, -0.15) is 42.1 Å². The van der Waals surface area contributed by atoms with Gasteiger partial charge in [0.05, 0.1) is 46.4 Å². The van der Waals surface area contributed by atoms with Gasteiger partial charge in [-0.1, -0.05) is 42.5 Å². The molecule has 0 radical (unpaired) electrons. The lowest BCUT2D eigenvalue weighted by molar-refractivity contribution is 0.103. The molecule has 0 aliphatic carbocycles. The van der Waals surface area contributed by atoms with Gasteiger partial charge in [0.1, 0.15) is 59.4 Å². The molecule has 0 aromatic heterocycles. The van der Waals surface area contributed by atoms with E-state index in [9.17, 15) is 155 Å². The Bertz CT molecular complexity index is 6460. The summed E-state index contributed by atoms with van der Waals surface area (Å²) in [6.07, 6.45) is 0. The molecule has 113 heavy (non-hydrogen) atoms. The highest BCUT2D eigenvalue weighted by molar-refractivity contribution is 7.93. The van der Waals surface area contributed by atoms with Crippen LogP contribution >= 0.6 is 0 Å². The van der Waals surface area contributed by atoms with E-state index in [1.54, 1.807) is 0 Å². The van der Waals surface area contributed by atoms with Crippen LogP contribution in [0.2, 0.25) is 0 Å². The Morgan fingerprint density at radius 2 is 0.611 bits per heavy atom. The molecule has 0 unspecified atom stereocenters. The van der Waals surface area contributed by atoms with Crippen LogP contribution in [0.4, 0.5) is 74.6 Å². The molecular weight excluding hydrogens is 1750 g/mol. The lowest BCUT2D eigenvalue weighted by Crippen LogP contribution is -2.14. The van der Waals surface area contributed by atoms with Crippen molar-refractivity contribution in [2.45, 2.75) is 65.4 Å². The van der Waals surface area contributed by atoms with Gasteiger partial charge in [0.25, 0.3) is 50.6 Å². The second-order valence-electron chi connectivity index (χ2n) is 21.6. The van der Waals surface area contributed by atoms with Crippen molar-refractivity contribution >= 4 is 95.7 Å². The highest BCUT2D eigenvalue weighted by Gasteiger charge is 2.36. The lowest BCUT2D eigenvalue weighted by atomic mass is 10.0. The van der Waals surface area contributed by atoms with Crippen molar-refractivity contribution in [3.8, 4) is 0 Å². The summed E-state index contributed by atoms with van der Waals surface area (Å²) in [7, 11) is -42.6. The van der Waals surface area contributed by atoms with E-state index in [4.69, 9.17) is 22.8 Å². The van der Waals surface area contributed by atoms with E-state index in [1.807, 2.05) is 0 Å². The average molecular weight is 1790 g/mol. The molecule has 0 bridgehead atoms. The second-order valence-corrected chi connectivity index (χ2v) is 36.3. The van der Waals surface area contributed by atoms with Gasteiger partial charge in [-0.05, 0) is 102 Å². The van der Waals surface area contributed by atoms with Gasteiger partial charge in [-0.3, -0.25) is 27.6 Å². The zero-order valence-corrected chi connectivity index (χ0v) is 61.5. The molecule has 5 N–H and O–H groups in total. The Labute approximate surface area is 626 Å². The topological polar surface area (TPSA) is 425 Å². The third-order valence-corrected chi connectivity index (χ3v) is 25.6. The third kappa shape index (κ3) is 22.1. The minimum atomic E-state index is -5.33. The summed E-state index contributed by atoms with van der Waals surface area (Å²) in [5, 5.41) is 0. The van der Waals surface area contributed by atoms with E-state index in [2.05, 4.69) is 0 Å². The number of rotatable bonds is 17. The molecule has 0 saturated heterocycles. The van der Waals surface area contributed by atoms with Crippen LogP contribution in [0.5, 0.6) is 0 Å². The largest absolute Gasteiger partial charge is 0.295 e. The highest BCUT2D eigenvalue weighted by Crippen LogP contribution is 2.35. The van der Waals surface area contributed by atoms with Crippen LogP contribution in [0.25, 0.3) is 0 Å². The first-order chi connectivity index (χ1) is 51.7. The van der Waals surface area contributed by atoms with Gasteiger partial charge in [-0.15, -0.1) is 0 Å². The van der Waals surface area contributed by atoms with Gasteiger partial charge >= 0.3 is 0 Å². The summed E-state index contributed by atoms with van der Waals surface area (Å²) < 4.78 is 478. The maximum absolute atomic E-state index is 13.7. The van der Waals surface area contributed by atoms with Crippen molar-refractivity contribution in [1.82, 2.24) is 0 Å². The summed E-state index contributed by atoms with van der Waals surface area (Å²) in [6.45, 7) is 0. The first-order valence-corrected chi connectivity index (χ1v) is 42.1. The third-order valence-electron chi connectivity index (χ3n) is 14.0. The predicted octanol–water partition coefficient (Wildman–Crippen LogP) is 11.9. The Hall–Kier alpha value is -9.97.